The molecule has 0 bridgehead atoms. The molecule has 7 nitrogen and oxygen atoms in total. The molecule has 3 rings (SSSR count). The number of hydrogen-bond acceptors (Lipinski definition) is 5. The molecule has 148 valence electrons. The molecule has 0 aliphatic carbocycles. The van der Waals surface area contributed by atoms with Crippen molar-refractivity contribution in [3.05, 3.63) is 62.1 Å². The number of aryl methyl sites for hydroxylation is 1. The Labute approximate surface area is 166 Å². The van der Waals surface area contributed by atoms with Crippen molar-refractivity contribution >= 4 is 33.1 Å². The number of carbonyl (C=O) groups is 1. The van der Waals surface area contributed by atoms with Crippen molar-refractivity contribution in [2.24, 2.45) is 0 Å². The van der Waals surface area contributed by atoms with E-state index in [1.54, 1.807) is 16.3 Å². The summed E-state index contributed by atoms with van der Waals surface area (Å²) in [5, 5.41) is 1.76. The number of amides is 1. The van der Waals surface area contributed by atoms with Crippen LogP contribution < -0.4 is 16.1 Å². The summed E-state index contributed by atoms with van der Waals surface area (Å²) in [5.41, 5.74) is 1.48. The molecule has 1 amide bonds. The molecule has 0 spiro atoms. The summed E-state index contributed by atoms with van der Waals surface area (Å²) in [4.78, 5) is 40.2. The van der Waals surface area contributed by atoms with Crippen molar-refractivity contribution in [2.45, 2.75) is 26.9 Å². The highest BCUT2D eigenvalue weighted by atomic mass is 32.1. The second-order valence-corrected chi connectivity index (χ2v) is 7.35. The first-order valence-electron chi connectivity index (χ1n) is 9.04. The SMILES string of the molecule is CCN(C(=O)Cn1c(=O)n(CCOC)c(=O)c2sccc21)c1cccc(C)c1. The van der Waals surface area contributed by atoms with Crippen LogP contribution in [0.1, 0.15) is 12.5 Å². The Balaban J connectivity index is 2.03. The predicted molar refractivity (Wildman–Crippen MR) is 111 cm³/mol. The summed E-state index contributed by atoms with van der Waals surface area (Å²) in [6.07, 6.45) is 0. The van der Waals surface area contributed by atoms with Crippen LogP contribution in [0.5, 0.6) is 0 Å². The molecule has 0 unspecified atom stereocenters. The monoisotopic (exact) mass is 401 g/mol. The van der Waals surface area contributed by atoms with Crippen molar-refractivity contribution in [3.63, 3.8) is 0 Å². The van der Waals surface area contributed by atoms with Gasteiger partial charge >= 0.3 is 5.69 Å². The van der Waals surface area contributed by atoms with E-state index < -0.39 is 5.69 Å². The highest BCUT2D eigenvalue weighted by Gasteiger charge is 2.20. The Hall–Kier alpha value is -2.71. The van der Waals surface area contributed by atoms with E-state index in [1.807, 2.05) is 38.1 Å². The van der Waals surface area contributed by atoms with E-state index in [9.17, 15) is 14.4 Å². The zero-order valence-electron chi connectivity index (χ0n) is 16.2. The molecule has 0 fully saturated rings. The van der Waals surface area contributed by atoms with Gasteiger partial charge < -0.3 is 9.64 Å². The Kier molecular flexibility index (Phi) is 6.11. The van der Waals surface area contributed by atoms with Crippen molar-refractivity contribution in [3.8, 4) is 0 Å². The van der Waals surface area contributed by atoms with Crippen LogP contribution in [0.15, 0.2) is 45.3 Å². The molecule has 2 aromatic heterocycles. The first-order valence-corrected chi connectivity index (χ1v) is 9.92. The lowest BCUT2D eigenvalue weighted by atomic mass is 10.2. The molecule has 2 heterocycles. The lowest BCUT2D eigenvalue weighted by Gasteiger charge is -2.22. The number of ether oxygens (including phenoxy) is 1. The van der Waals surface area contributed by atoms with Crippen LogP contribution in [0.25, 0.3) is 10.2 Å². The van der Waals surface area contributed by atoms with Gasteiger partial charge in [0, 0.05) is 19.3 Å². The normalized spacial score (nSPS) is 11.1. The third kappa shape index (κ3) is 3.79. The molecule has 0 saturated heterocycles. The number of methoxy groups -OCH3 is 1. The second-order valence-electron chi connectivity index (χ2n) is 6.43. The maximum atomic E-state index is 13.0. The van der Waals surface area contributed by atoms with Crippen LogP contribution in [0.3, 0.4) is 0 Å². The molecular weight excluding hydrogens is 378 g/mol. The van der Waals surface area contributed by atoms with Crippen LogP contribution in [-0.4, -0.2) is 35.3 Å². The molecule has 0 aliphatic rings. The molecule has 0 saturated carbocycles. The van der Waals surface area contributed by atoms with Gasteiger partial charge in [-0.05, 0) is 43.0 Å². The van der Waals surface area contributed by atoms with Gasteiger partial charge in [0.2, 0.25) is 5.91 Å². The fourth-order valence-corrected chi connectivity index (χ4v) is 4.03. The molecule has 0 aliphatic heterocycles. The highest BCUT2D eigenvalue weighted by Crippen LogP contribution is 2.18. The van der Waals surface area contributed by atoms with Gasteiger partial charge in [-0.25, -0.2) is 4.79 Å². The van der Waals surface area contributed by atoms with Gasteiger partial charge in [-0.2, -0.15) is 0 Å². The summed E-state index contributed by atoms with van der Waals surface area (Å²) in [6.45, 7) is 4.58. The quantitative estimate of drug-likeness (QED) is 0.609. The second kappa shape index (κ2) is 8.53. The van der Waals surface area contributed by atoms with Gasteiger partial charge in [-0.3, -0.25) is 18.7 Å². The van der Waals surface area contributed by atoms with Crippen molar-refractivity contribution in [2.75, 3.05) is 25.2 Å². The van der Waals surface area contributed by atoms with Crippen LogP contribution in [0.4, 0.5) is 5.69 Å². The number of likely N-dealkylation sites (N-methyl/N-ethyl adjacent to an activating group) is 1. The maximum Gasteiger partial charge on any atom is 0.332 e. The number of carbonyl (C=O) groups excluding carboxylic acids is 1. The van der Waals surface area contributed by atoms with Crippen LogP contribution in [-0.2, 0) is 22.6 Å². The van der Waals surface area contributed by atoms with E-state index in [-0.39, 0.29) is 31.2 Å². The van der Waals surface area contributed by atoms with Crippen LogP contribution in [0, 0.1) is 6.92 Å². The summed E-state index contributed by atoms with van der Waals surface area (Å²) < 4.78 is 7.99. The summed E-state index contributed by atoms with van der Waals surface area (Å²) in [6, 6.07) is 9.38. The van der Waals surface area contributed by atoms with Crippen LogP contribution >= 0.6 is 11.3 Å². The van der Waals surface area contributed by atoms with Crippen molar-refractivity contribution in [1.29, 1.82) is 0 Å². The van der Waals surface area contributed by atoms with Crippen molar-refractivity contribution in [1.82, 2.24) is 9.13 Å². The average molecular weight is 401 g/mol. The molecule has 0 radical (unpaired) electrons. The Morgan fingerprint density at radius 1 is 1.21 bits per heavy atom. The first kappa shape index (κ1) is 20.0. The van der Waals surface area contributed by atoms with Gasteiger partial charge in [0.05, 0.1) is 18.7 Å². The minimum absolute atomic E-state index is 0.138. The molecule has 0 atom stereocenters. The van der Waals surface area contributed by atoms with Gasteiger partial charge in [0.1, 0.15) is 11.2 Å². The highest BCUT2D eigenvalue weighted by molar-refractivity contribution is 7.17. The maximum absolute atomic E-state index is 13.0. The lowest BCUT2D eigenvalue weighted by molar-refractivity contribution is -0.119. The smallest absolute Gasteiger partial charge is 0.332 e. The topological polar surface area (TPSA) is 73.5 Å². The van der Waals surface area contributed by atoms with Crippen molar-refractivity contribution < 1.29 is 9.53 Å². The standard InChI is InChI=1S/C20H23N3O4S/c1-4-21(15-7-5-6-14(2)12-15)17(24)13-23-16-8-11-28-18(16)19(25)22(20(23)26)9-10-27-3/h5-8,11-12H,4,9-10,13H2,1-3H3. The average Bonchev–Trinajstić information content (AvgIpc) is 3.16. The third-order valence-corrected chi connectivity index (χ3v) is 5.47. The summed E-state index contributed by atoms with van der Waals surface area (Å²) in [7, 11) is 1.51. The lowest BCUT2D eigenvalue weighted by Crippen LogP contribution is -2.43. The van der Waals surface area contributed by atoms with E-state index in [2.05, 4.69) is 0 Å². The summed E-state index contributed by atoms with van der Waals surface area (Å²) >= 11 is 1.27. The number of aromatic nitrogens is 2. The van der Waals surface area contributed by atoms with E-state index >= 15 is 0 Å². The zero-order chi connectivity index (χ0) is 20.3. The van der Waals surface area contributed by atoms with Gasteiger partial charge in [-0.1, -0.05) is 12.1 Å². The van der Waals surface area contributed by atoms with Crippen LogP contribution in [0.2, 0.25) is 0 Å². The fourth-order valence-electron chi connectivity index (χ4n) is 3.19. The predicted octanol–water partition coefficient (Wildman–Crippen LogP) is 2.23. The summed E-state index contributed by atoms with van der Waals surface area (Å²) in [5.74, 6) is -0.209. The molecule has 8 heteroatoms. The molecule has 1 aromatic carbocycles. The number of fused-ring (bicyclic) bond motifs is 1. The fraction of sp³-hybridized carbons (Fsp3) is 0.350. The largest absolute Gasteiger partial charge is 0.383 e. The number of nitrogens with zero attached hydrogens (tertiary/aromatic N) is 3. The molecular formula is C20H23N3O4S. The van der Waals surface area contributed by atoms with Gasteiger partial charge in [0.25, 0.3) is 5.56 Å². The van der Waals surface area contributed by atoms with E-state index in [0.717, 1.165) is 15.8 Å². The van der Waals surface area contributed by atoms with Gasteiger partial charge in [0.15, 0.2) is 0 Å². The number of hydrogen-bond donors (Lipinski definition) is 0. The number of thiophene rings is 1. The number of rotatable bonds is 7. The van der Waals surface area contributed by atoms with E-state index in [4.69, 9.17) is 4.74 Å². The number of anilines is 1. The van der Waals surface area contributed by atoms with E-state index in [0.29, 0.717) is 16.8 Å². The number of benzene rings is 1. The first-order chi connectivity index (χ1) is 13.5. The van der Waals surface area contributed by atoms with Gasteiger partial charge in [-0.15, -0.1) is 11.3 Å². The minimum atomic E-state index is -0.499. The molecule has 28 heavy (non-hydrogen) atoms. The zero-order valence-corrected chi connectivity index (χ0v) is 17.0. The Morgan fingerprint density at radius 2 is 2.00 bits per heavy atom. The minimum Gasteiger partial charge on any atom is -0.383 e. The third-order valence-electron chi connectivity index (χ3n) is 4.58. The molecule has 3 aromatic rings. The Bertz CT molecular complexity index is 1110. The Morgan fingerprint density at radius 3 is 2.68 bits per heavy atom. The van der Waals surface area contributed by atoms with E-state index in [1.165, 1.54) is 23.0 Å². The molecule has 0 N–H and O–H groups in total.